The Bertz CT molecular complexity index is 622. The molecule has 1 aromatic carbocycles. The normalized spacial score (nSPS) is 18.2. The largest absolute Gasteiger partial charge is 0.338 e. The Hall–Kier alpha value is -1.28. The van der Waals surface area contributed by atoms with Crippen LogP contribution in [0.1, 0.15) is 30.2 Å². The van der Waals surface area contributed by atoms with Gasteiger partial charge in [0.2, 0.25) is 5.89 Å². The van der Waals surface area contributed by atoms with Crippen molar-refractivity contribution in [1.29, 1.82) is 0 Å². The molecule has 0 saturated carbocycles. The van der Waals surface area contributed by atoms with Crippen molar-refractivity contribution in [1.82, 2.24) is 19.9 Å². The van der Waals surface area contributed by atoms with Crippen LogP contribution in [0, 0.1) is 0 Å². The molecule has 1 aromatic heterocycles. The van der Waals surface area contributed by atoms with Crippen molar-refractivity contribution < 1.29 is 4.52 Å². The summed E-state index contributed by atoms with van der Waals surface area (Å²) in [6, 6.07) is 9.02. The van der Waals surface area contributed by atoms with Crippen LogP contribution in [-0.4, -0.2) is 46.1 Å². The summed E-state index contributed by atoms with van der Waals surface area (Å²) >= 11 is 3.49. The van der Waals surface area contributed by atoms with E-state index in [9.17, 15) is 0 Å². The maximum Gasteiger partial charge on any atom is 0.240 e. The topological polar surface area (TPSA) is 71.4 Å². The van der Waals surface area contributed by atoms with Gasteiger partial charge in [0.15, 0.2) is 5.82 Å². The van der Waals surface area contributed by atoms with E-state index in [0.29, 0.717) is 18.5 Å². The van der Waals surface area contributed by atoms with E-state index in [1.54, 1.807) is 0 Å². The van der Waals surface area contributed by atoms with Gasteiger partial charge in [-0.2, -0.15) is 4.98 Å². The number of benzene rings is 1. The minimum Gasteiger partial charge on any atom is -0.338 e. The van der Waals surface area contributed by atoms with Gasteiger partial charge in [0.25, 0.3) is 0 Å². The Morgan fingerprint density at radius 2 is 1.91 bits per heavy atom. The third kappa shape index (κ3) is 4.17. The fourth-order valence-electron chi connectivity index (χ4n) is 2.90. The summed E-state index contributed by atoms with van der Waals surface area (Å²) in [5.74, 6) is 1.22. The zero-order valence-electron chi connectivity index (χ0n) is 13.3. The van der Waals surface area contributed by atoms with Crippen LogP contribution >= 0.6 is 15.9 Å². The van der Waals surface area contributed by atoms with Crippen LogP contribution in [0.3, 0.4) is 0 Å². The molecule has 23 heavy (non-hydrogen) atoms. The van der Waals surface area contributed by atoms with E-state index in [2.05, 4.69) is 67.1 Å². The van der Waals surface area contributed by atoms with Gasteiger partial charge < -0.3 is 10.3 Å². The van der Waals surface area contributed by atoms with Crippen molar-refractivity contribution in [3.8, 4) is 0 Å². The quantitative estimate of drug-likeness (QED) is 0.857. The van der Waals surface area contributed by atoms with Gasteiger partial charge in [-0.05, 0) is 24.6 Å². The van der Waals surface area contributed by atoms with Crippen molar-refractivity contribution in [2.75, 3.05) is 26.2 Å². The van der Waals surface area contributed by atoms with E-state index in [1.165, 1.54) is 5.56 Å². The van der Waals surface area contributed by atoms with Crippen LogP contribution in [0.5, 0.6) is 0 Å². The van der Waals surface area contributed by atoms with Crippen LogP contribution < -0.4 is 5.73 Å². The molecule has 1 atom stereocenters. The first-order valence-electron chi connectivity index (χ1n) is 7.89. The second-order valence-electron chi connectivity index (χ2n) is 5.85. The minimum absolute atomic E-state index is 0.297. The first-order valence-corrected chi connectivity index (χ1v) is 8.68. The molecule has 1 saturated heterocycles. The number of hydrogen-bond donors (Lipinski definition) is 1. The average Bonchev–Trinajstić information content (AvgIpc) is 3.03. The molecule has 1 fully saturated rings. The maximum absolute atomic E-state index is 5.49. The van der Waals surface area contributed by atoms with Gasteiger partial charge in [-0.15, -0.1) is 0 Å². The van der Waals surface area contributed by atoms with Crippen LogP contribution in [-0.2, 0) is 13.1 Å². The number of nitrogens with zero attached hydrogens (tertiary/aromatic N) is 4. The Kier molecular flexibility index (Phi) is 5.42. The van der Waals surface area contributed by atoms with Crippen LogP contribution in [0.2, 0.25) is 0 Å². The van der Waals surface area contributed by atoms with Gasteiger partial charge in [0.1, 0.15) is 0 Å². The maximum atomic E-state index is 5.49. The molecule has 1 unspecified atom stereocenters. The van der Waals surface area contributed by atoms with Gasteiger partial charge in [-0.1, -0.05) is 33.2 Å². The number of nitrogens with two attached hydrogens (primary N) is 1. The number of piperazine rings is 1. The van der Waals surface area contributed by atoms with E-state index in [4.69, 9.17) is 10.3 Å². The Morgan fingerprint density at radius 3 is 2.52 bits per heavy atom. The minimum atomic E-state index is 0.297. The molecule has 0 spiro atoms. The molecular weight excluding hydrogens is 358 g/mol. The molecule has 1 aliphatic heterocycles. The molecule has 0 aliphatic carbocycles. The van der Waals surface area contributed by atoms with E-state index in [-0.39, 0.29) is 0 Å². The van der Waals surface area contributed by atoms with Crippen molar-refractivity contribution >= 4 is 15.9 Å². The van der Waals surface area contributed by atoms with Gasteiger partial charge in [0.05, 0.1) is 13.1 Å². The summed E-state index contributed by atoms with van der Waals surface area (Å²) in [6.45, 7) is 7.39. The molecule has 0 radical (unpaired) electrons. The highest BCUT2D eigenvalue weighted by Gasteiger charge is 2.23. The number of hydrogen-bond acceptors (Lipinski definition) is 6. The van der Waals surface area contributed by atoms with E-state index in [0.717, 1.165) is 43.0 Å². The standard InChI is InChI=1S/C16H22BrN5O/c1-12(13-2-4-14(17)5-3-13)22-8-6-21(7-9-22)11-15-19-16(10-18)23-20-15/h2-5,12H,6-11,18H2,1H3. The zero-order valence-corrected chi connectivity index (χ0v) is 14.9. The molecule has 2 heterocycles. The Labute approximate surface area is 144 Å². The lowest BCUT2D eigenvalue weighted by Gasteiger charge is -2.37. The smallest absolute Gasteiger partial charge is 0.240 e. The lowest BCUT2D eigenvalue weighted by molar-refractivity contribution is 0.0956. The molecule has 3 rings (SSSR count). The Morgan fingerprint density at radius 1 is 1.22 bits per heavy atom. The fraction of sp³-hybridized carbons (Fsp3) is 0.500. The van der Waals surface area contributed by atoms with Crippen molar-refractivity contribution in [3.05, 3.63) is 46.0 Å². The second kappa shape index (κ2) is 7.53. The van der Waals surface area contributed by atoms with Gasteiger partial charge in [0, 0.05) is 36.7 Å². The summed E-state index contributed by atoms with van der Waals surface area (Å²) in [4.78, 5) is 9.14. The van der Waals surface area contributed by atoms with Crippen LogP contribution in [0.15, 0.2) is 33.3 Å². The van der Waals surface area contributed by atoms with E-state index < -0.39 is 0 Å². The molecule has 0 amide bonds. The van der Waals surface area contributed by atoms with Crippen molar-refractivity contribution in [2.45, 2.75) is 26.1 Å². The molecule has 1 aliphatic rings. The van der Waals surface area contributed by atoms with Crippen molar-refractivity contribution in [3.63, 3.8) is 0 Å². The number of halogens is 1. The van der Waals surface area contributed by atoms with E-state index >= 15 is 0 Å². The van der Waals surface area contributed by atoms with Crippen LogP contribution in [0.4, 0.5) is 0 Å². The summed E-state index contributed by atoms with van der Waals surface area (Å²) in [5, 5.41) is 3.97. The molecule has 124 valence electrons. The molecular formula is C16H22BrN5O. The summed E-state index contributed by atoms with van der Waals surface area (Å²) in [7, 11) is 0. The van der Waals surface area contributed by atoms with Crippen LogP contribution in [0.25, 0.3) is 0 Å². The lowest BCUT2D eigenvalue weighted by atomic mass is 10.1. The molecule has 2 aromatic rings. The summed E-state index contributed by atoms with van der Waals surface area (Å²) < 4.78 is 6.18. The van der Waals surface area contributed by atoms with Crippen molar-refractivity contribution in [2.24, 2.45) is 5.73 Å². The molecule has 7 heteroatoms. The van der Waals surface area contributed by atoms with Gasteiger partial charge in [-0.3, -0.25) is 9.80 Å². The highest BCUT2D eigenvalue weighted by molar-refractivity contribution is 9.10. The monoisotopic (exact) mass is 379 g/mol. The average molecular weight is 380 g/mol. The third-order valence-electron chi connectivity index (χ3n) is 4.36. The number of aromatic nitrogens is 2. The van der Waals surface area contributed by atoms with E-state index in [1.807, 2.05) is 0 Å². The highest BCUT2D eigenvalue weighted by Crippen LogP contribution is 2.23. The zero-order chi connectivity index (χ0) is 16.2. The summed E-state index contributed by atoms with van der Waals surface area (Å²) in [6.07, 6.45) is 0. The molecule has 6 nitrogen and oxygen atoms in total. The highest BCUT2D eigenvalue weighted by atomic mass is 79.9. The second-order valence-corrected chi connectivity index (χ2v) is 6.76. The molecule has 0 bridgehead atoms. The molecule has 2 N–H and O–H groups in total. The predicted octanol–water partition coefficient (Wildman–Crippen LogP) is 2.17. The fourth-order valence-corrected chi connectivity index (χ4v) is 3.16. The SMILES string of the molecule is CC(c1ccc(Br)cc1)N1CCN(Cc2noc(CN)n2)CC1. The summed E-state index contributed by atoms with van der Waals surface area (Å²) in [5.41, 5.74) is 6.85. The lowest BCUT2D eigenvalue weighted by Crippen LogP contribution is -2.46. The number of rotatable bonds is 5. The third-order valence-corrected chi connectivity index (χ3v) is 4.89. The van der Waals surface area contributed by atoms with Gasteiger partial charge in [-0.25, -0.2) is 0 Å². The Balaban J connectivity index is 1.52. The first kappa shape index (κ1) is 16.6. The van der Waals surface area contributed by atoms with Gasteiger partial charge >= 0.3 is 0 Å². The predicted molar refractivity (Wildman–Crippen MR) is 91.6 cm³/mol. The first-order chi connectivity index (χ1) is 11.2.